The van der Waals surface area contributed by atoms with Crippen molar-refractivity contribution in [2.75, 3.05) is 31.6 Å². The van der Waals surface area contributed by atoms with Crippen molar-refractivity contribution in [2.45, 2.75) is 13.0 Å². The van der Waals surface area contributed by atoms with Gasteiger partial charge in [-0.05, 0) is 18.1 Å². The number of nitrogens with zero attached hydrogens (tertiary/aromatic N) is 1. The van der Waals surface area contributed by atoms with E-state index in [9.17, 15) is 4.79 Å². The Bertz CT molecular complexity index is 450. The third-order valence-electron chi connectivity index (χ3n) is 3.43. The number of nitrogens with one attached hydrogen (secondary N) is 1. The highest BCUT2D eigenvalue weighted by molar-refractivity contribution is 5.86. The fourth-order valence-corrected chi connectivity index (χ4v) is 2.43. The number of anilines is 1. The zero-order valence-corrected chi connectivity index (χ0v) is 11.4. The number of para-hydroxylation sites is 2. The molecule has 1 aliphatic rings. The molecule has 2 unspecified atom stereocenters. The van der Waals surface area contributed by atoms with E-state index in [2.05, 4.69) is 12.2 Å². The van der Waals surface area contributed by atoms with Gasteiger partial charge in [0.15, 0.2) is 0 Å². The number of ether oxygens (including phenoxy) is 1. The van der Waals surface area contributed by atoms with E-state index in [1.165, 1.54) is 0 Å². The summed E-state index contributed by atoms with van der Waals surface area (Å²) in [6.45, 7) is 3.86. The van der Waals surface area contributed by atoms with Crippen molar-refractivity contribution in [3.8, 4) is 5.75 Å². The first-order valence-corrected chi connectivity index (χ1v) is 6.54. The maximum atomic E-state index is 12.1. The van der Waals surface area contributed by atoms with Crippen LogP contribution in [0.3, 0.4) is 0 Å². The lowest BCUT2D eigenvalue weighted by molar-refractivity contribution is -0.121. The molecule has 0 bridgehead atoms. The highest BCUT2D eigenvalue weighted by Crippen LogP contribution is 2.30. The highest BCUT2D eigenvalue weighted by Gasteiger charge is 2.30. The van der Waals surface area contributed by atoms with Gasteiger partial charge >= 0.3 is 0 Å². The Labute approximate surface area is 113 Å². The molecule has 0 saturated carbocycles. The molecule has 2 rings (SSSR count). The maximum absolute atomic E-state index is 12.1. The molecule has 1 fully saturated rings. The van der Waals surface area contributed by atoms with Gasteiger partial charge in [0.25, 0.3) is 0 Å². The van der Waals surface area contributed by atoms with E-state index in [0.29, 0.717) is 12.5 Å². The van der Waals surface area contributed by atoms with Crippen LogP contribution in [0.15, 0.2) is 24.3 Å². The summed E-state index contributed by atoms with van der Waals surface area (Å²) in [6, 6.07) is 7.38. The Morgan fingerprint density at radius 1 is 1.47 bits per heavy atom. The standard InChI is InChI=1S/C14H21N3O2/c1-10-8-16-14(18)12(7-15)17(9-10)11-5-3-4-6-13(11)19-2/h3-6,10,12H,7-9,15H2,1-2H3,(H,16,18). The molecule has 1 aromatic rings. The second-order valence-corrected chi connectivity index (χ2v) is 4.93. The van der Waals surface area contributed by atoms with Crippen LogP contribution in [0.1, 0.15) is 6.92 Å². The minimum Gasteiger partial charge on any atom is -0.495 e. The predicted molar refractivity (Wildman–Crippen MR) is 75.4 cm³/mol. The molecule has 5 heteroatoms. The molecular formula is C14H21N3O2. The van der Waals surface area contributed by atoms with Crippen LogP contribution in [0.5, 0.6) is 5.75 Å². The molecule has 19 heavy (non-hydrogen) atoms. The predicted octanol–water partition coefficient (Wildman–Crippen LogP) is 0.595. The van der Waals surface area contributed by atoms with Crippen LogP contribution >= 0.6 is 0 Å². The van der Waals surface area contributed by atoms with Crippen LogP contribution in [0.25, 0.3) is 0 Å². The topological polar surface area (TPSA) is 67.6 Å². The molecular weight excluding hydrogens is 242 g/mol. The maximum Gasteiger partial charge on any atom is 0.244 e. The highest BCUT2D eigenvalue weighted by atomic mass is 16.5. The summed E-state index contributed by atoms with van der Waals surface area (Å²) in [5.41, 5.74) is 6.71. The molecule has 1 aliphatic heterocycles. The Morgan fingerprint density at radius 3 is 2.89 bits per heavy atom. The average Bonchev–Trinajstić information content (AvgIpc) is 2.58. The third kappa shape index (κ3) is 2.81. The van der Waals surface area contributed by atoms with E-state index in [4.69, 9.17) is 10.5 Å². The number of hydrogen-bond acceptors (Lipinski definition) is 4. The number of methoxy groups -OCH3 is 1. The minimum atomic E-state index is -0.346. The smallest absolute Gasteiger partial charge is 0.244 e. The number of amides is 1. The first-order valence-electron chi connectivity index (χ1n) is 6.54. The van der Waals surface area contributed by atoms with Crippen LogP contribution in [0.2, 0.25) is 0 Å². The van der Waals surface area contributed by atoms with E-state index < -0.39 is 0 Å². The summed E-state index contributed by atoms with van der Waals surface area (Å²) in [5.74, 6) is 1.12. The van der Waals surface area contributed by atoms with Crippen molar-refractivity contribution >= 4 is 11.6 Å². The fourth-order valence-electron chi connectivity index (χ4n) is 2.43. The van der Waals surface area contributed by atoms with Crippen LogP contribution in [-0.4, -0.2) is 38.7 Å². The van der Waals surface area contributed by atoms with E-state index in [-0.39, 0.29) is 18.5 Å². The minimum absolute atomic E-state index is 0.0160. The summed E-state index contributed by atoms with van der Waals surface area (Å²) in [7, 11) is 1.64. The fraction of sp³-hybridized carbons (Fsp3) is 0.500. The number of hydrogen-bond donors (Lipinski definition) is 2. The van der Waals surface area contributed by atoms with E-state index >= 15 is 0 Å². The summed E-state index contributed by atoms with van der Waals surface area (Å²) < 4.78 is 5.39. The van der Waals surface area contributed by atoms with Gasteiger partial charge in [-0.15, -0.1) is 0 Å². The number of carbonyl (C=O) groups is 1. The Hall–Kier alpha value is -1.75. The van der Waals surface area contributed by atoms with Crippen molar-refractivity contribution in [1.29, 1.82) is 0 Å². The largest absolute Gasteiger partial charge is 0.495 e. The first-order chi connectivity index (χ1) is 9.17. The van der Waals surface area contributed by atoms with Gasteiger partial charge in [-0.2, -0.15) is 0 Å². The molecule has 3 N–H and O–H groups in total. The average molecular weight is 263 g/mol. The van der Waals surface area contributed by atoms with Crippen molar-refractivity contribution in [1.82, 2.24) is 5.32 Å². The van der Waals surface area contributed by atoms with Crippen molar-refractivity contribution < 1.29 is 9.53 Å². The van der Waals surface area contributed by atoms with Gasteiger partial charge in [-0.25, -0.2) is 0 Å². The van der Waals surface area contributed by atoms with Gasteiger partial charge in [-0.1, -0.05) is 19.1 Å². The number of benzene rings is 1. The van der Waals surface area contributed by atoms with Gasteiger partial charge in [0, 0.05) is 19.6 Å². The Morgan fingerprint density at radius 2 is 2.21 bits per heavy atom. The lowest BCUT2D eigenvalue weighted by Gasteiger charge is -2.31. The quantitative estimate of drug-likeness (QED) is 0.838. The second kappa shape index (κ2) is 5.93. The summed E-state index contributed by atoms with van der Waals surface area (Å²) in [4.78, 5) is 14.1. The molecule has 1 amide bonds. The number of carbonyl (C=O) groups excluding carboxylic acids is 1. The van der Waals surface area contributed by atoms with E-state index in [0.717, 1.165) is 18.0 Å². The molecule has 1 saturated heterocycles. The van der Waals surface area contributed by atoms with Crippen LogP contribution in [0.4, 0.5) is 5.69 Å². The van der Waals surface area contributed by atoms with Crippen molar-refractivity contribution in [3.05, 3.63) is 24.3 Å². The lowest BCUT2D eigenvalue weighted by atomic mass is 10.1. The summed E-state index contributed by atoms with van der Waals surface area (Å²) in [5, 5.41) is 2.93. The Kier molecular flexibility index (Phi) is 4.27. The summed E-state index contributed by atoms with van der Waals surface area (Å²) in [6.07, 6.45) is 0. The molecule has 0 aliphatic carbocycles. The number of rotatable bonds is 3. The van der Waals surface area contributed by atoms with E-state index in [1.54, 1.807) is 7.11 Å². The van der Waals surface area contributed by atoms with Gasteiger partial charge in [-0.3, -0.25) is 4.79 Å². The molecule has 5 nitrogen and oxygen atoms in total. The van der Waals surface area contributed by atoms with Crippen LogP contribution in [0, 0.1) is 5.92 Å². The van der Waals surface area contributed by atoms with Crippen LogP contribution in [-0.2, 0) is 4.79 Å². The molecule has 0 radical (unpaired) electrons. The normalized spacial score (nSPS) is 23.7. The molecule has 0 aromatic heterocycles. The lowest BCUT2D eigenvalue weighted by Crippen LogP contribution is -2.49. The van der Waals surface area contributed by atoms with Gasteiger partial charge < -0.3 is 20.7 Å². The SMILES string of the molecule is COc1ccccc1N1CC(C)CNC(=O)C1CN. The van der Waals surface area contributed by atoms with Gasteiger partial charge in [0.1, 0.15) is 11.8 Å². The van der Waals surface area contributed by atoms with Gasteiger partial charge in [0.2, 0.25) is 5.91 Å². The molecule has 104 valence electrons. The number of nitrogens with two attached hydrogens (primary N) is 1. The van der Waals surface area contributed by atoms with Crippen molar-refractivity contribution in [3.63, 3.8) is 0 Å². The molecule has 0 spiro atoms. The third-order valence-corrected chi connectivity index (χ3v) is 3.43. The van der Waals surface area contributed by atoms with Crippen LogP contribution < -0.4 is 20.7 Å². The van der Waals surface area contributed by atoms with Gasteiger partial charge in [0.05, 0.1) is 12.8 Å². The molecule has 2 atom stereocenters. The molecule has 1 heterocycles. The van der Waals surface area contributed by atoms with E-state index in [1.807, 2.05) is 29.2 Å². The molecule has 1 aromatic carbocycles. The summed E-state index contributed by atoms with van der Waals surface area (Å²) >= 11 is 0. The van der Waals surface area contributed by atoms with Crippen molar-refractivity contribution in [2.24, 2.45) is 11.7 Å². The first kappa shape index (κ1) is 13.7. The second-order valence-electron chi connectivity index (χ2n) is 4.93. The monoisotopic (exact) mass is 263 g/mol. The Balaban J connectivity index is 2.39. The zero-order chi connectivity index (χ0) is 13.8. The zero-order valence-electron chi connectivity index (χ0n) is 11.4.